The molecule has 22 heavy (non-hydrogen) atoms. The molecule has 2 aromatic carbocycles. The van der Waals surface area contributed by atoms with Crippen molar-refractivity contribution in [3.05, 3.63) is 71.4 Å². The largest absolute Gasteiger partial charge is 0.310 e. The summed E-state index contributed by atoms with van der Waals surface area (Å²) in [6, 6.07) is 18.1. The van der Waals surface area contributed by atoms with Crippen LogP contribution in [0.2, 0.25) is 5.02 Å². The lowest BCUT2D eigenvalue weighted by Crippen LogP contribution is -2.16. The zero-order valence-corrected chi connectivity index (χ0v) is 12.7. The van der Waals surface area contributed by atoms with Gasteiger partial charge in [-0.3, -0.25) is 0 Å². The number of hydrogen-bond donors (Lipinski definition) is 0. The van der Waals surface area contributed by atoms with Crippen LogP contribution < -0.4 is 4.90 Å². The Morgan fingerprint density at radius 3 is 2.64 bits per heavy atom. The molecule has 0 radical (unpaired) electrons. The summed E-state index contributed by atoms with van der Waals surface area (Å²) in [5, 5.41) is 0.728. The molecule has 2 heterocycles. The molecule has 108 valence electrons. The van der Waals surface area contributed by atoms with E-state index in [9.17, 15) is 0 Å². The van der Waals surface area contributed by atoms with E-state index in [1.165, 1.54) is 11.3 Å². The van der Waals surface area contributed by atoms with E-state index in [1.807, 2.05) is 36.5 Å². The first-order valence-corrected chi connectivity index (χ1v) is 7.63. The maximum Gasteiger partial charge on any atom is 0.230 e. The summed E-state index contributed by atoms with van der Waals surface area (Å²) in [5.41, 5.74) is 4.50. The minimum absolute atomic E-state index is 0.728. The van der Waals surface area contributed by atoms with Crippen LogP contribution in [-0.2, 0) is 6.42 Å². The van der Waals surface area contributed by atoms with Gasteiger partial charge in [-0.1, -0.05) is 41.9 Å². The highest BCUT2D eigenvalue weighted by Gasteiger charge is 2.21. The zero-order chi connectivity index (χ0) is 14.9. The van der Waals surface area contributed by atoms with Crippen molar-refractivity contribution in [3.63, 3.8) is 0 Å². The number of rotatable bonds is 2. The second-order valence-electron chi connectivity index (χ2n) is 5.28. The number of fused-ring (bicyclic) bond motifs is 1. The number of aromatic nitrogens is 2. The molecule has 4 heteroatoms. The zero-order valence-electron chi connectivity index (χ0n) is 11.9. The first-order chi connectivity index (χ1) is 10.8. The molecular weight excluding hydrogens is 294 g/mol. The third kappa shape index (κ3) is 2.34. The fourth-order valence-corrected chi connectivity index (χ4v) is 2.93. The minimum atomic E-state index is 0.728. The van der Waals surface area contributed by atoms with E-state index in [1.54, 1.807) is 0 Å². The first-order valence-electron chi connectivity index (χ1n) is 7.26. The Labute approximate surface area is 134 Å². The Morgan fingerprint density at radius 1 is 0.955 bits per heavy atom. The van der Waals surface area contributed by atoms with E-state index in [-0.39, 0.29) is 0 Å². The van der Waals surface area contributed by atoms with Crippen molar-refractivity contribution in [1.82, 2.24) is 9.97 Å². The molecular formula is C18H14ClN3. The summed E-state index contributed by atoms with van der Waals surface area (Å²) in [7, 11) is 0. The highest BCUT2D eigenvalue weighted by atomic mass is 35.5. The molecule has 0 N–H and O–H groups in total. The highest BCUT2D eigenvalue weighted by Crippen LogP contribution is 2.33. The molecule has 3 aromatic rings. The molecule has 1 aliphatic rings. The standard InChI is InChI=1S/C18H14ClN3/c19-15-7-5-13(6-8-15)16-9-11-20-18(21-16)22-12-10-14-3-1-2-4-17(14)22/h1-9,11H,10,12H2. The Bertz CT molecular complexity index is 815. The van der Waals surface area contributed by atoms with Crippen LogP contribution in [0.3, 0.4) is 0 Å². The molecule has 0 fully saturated rings. The van der Waals surface area contributed by atoms with Crippen molar-refractivity contribution >= 4 is 23.2 Å². The predicted molar refractivity (Wildman–Crippen MR) is 89.6 cm³/mol. The van der Waals surface area contributed by atoms with Crippen LogP contribution in [-0.4, -0.2) is 16.5 Å². The lowest BCUT2D eigenvalue weighted by Gasteiger charge is -2.17. The number of anilines is 2. The van der Waals surface area contributed by atoms with Gasteiger partial charge in [0.05, 0.1) is 5.69 Å². The maximum atomic E-state index is 5.95. The van der Waals surface area contributed by atoms with Gasteiger partial charge in [-0.05, 0) is 36.2 Å². The van der Waals surface area contributed by atoms with E-state index in [2.05, 4.69) is 34.1 Å². The molecule has 0 spiro atoms. The lowest BCUT2D eigenvalue weighted by atomic mass is 10.1. The average Bonchev–Trinajstić information content (AvgIpc) is 3.00. The van der Waals surface area contributed by atoms with Crippen LogP contribution in [0.1, 0.15) is 5.56 Å². The van der Waals surface area contributed by atoms with Crippen LogP contribution in [0.15, 0.2) is 60.8 Å². The number of halogens is 1. The van der Waals surface area contributed by atoms with Gasteiger partial charge in [-0.25, -0.2) is 9.97 Å². The molecule has 3 nitrogen and oxygen atoms in total. The number of nitrogens with zero attached hydrogens (tertiary/aromatic N) is 3. The maximum absolute atomic E-state index is 5.95. The monoisotopic (exact) mass is 307 g/mol. The first kappa shape index (κ1) is 13.3. The molecule has 0 atom stereocenters. The minimum Gasteiger partial charge on any atom is -0.310 e. The molecule has 4 rings (SSSR count). The Hall–Kier alpha value is -2.39. The second kappa shape index (κ2) is 5.43. The van der Waals surface area contributed by atoms with Crippen LogP contribution in [0.25, 0.3) is 11.3 Å². The molecule has 0 amide bonds. The second-order valence-corrected chi connectivity index (χ2v) is 5.72. The van der Waals surface area contributed by atoms with Gasteiger partial charge in [-0.2, -0.15) is 0 Å². The van der Waals surface area contributed by atoms with E-state index in [0.717, 1.165) is 35.2 Å². The van der Waals surface area contributed by atoms with Gasteiger partial charge >= 0.3 is 0 Å². The quantitative estimate of drug-likeness (QED) is 0.698. The number of benzene rings is 2. The molecule has 0 aliphatic carbocycles. The van der Waals surface area contributed by atoms with Crippen molar-refractivity contribution in [2.45, 2.75) is 6.42 Å². The summed E-state index contributed by atoms with van der Waals surface area (Å²) in [5.74, 6) is 0.748. The van der Waals surface area contributed by atoms with Crippen molar-refractivity contribution in [2.75, 3.05) is 11.4 Å². The third-order valence-electron chi connectivity index (χ3n) is 3.91. The van der Waals surface area contributed by atoms with Gasteiger partial charge in [0.2, 0.25) is 5.95 Å². The molecule has 0 bridgehead atoms. The van der Waals surface area contributed by atoms with Gasteiger partial charge in [-0.15, -0.1) is 0 Å². The van der Waals surface area contributed by atoms with Crippen LogP contribution in [0, 0.1) is 0 Å². The van der Waals surface area contributed by atoms with Crippen molar-refractivity contribution in [2.24, 2.45) is 0 Å². The van der Waals surface area contributed by atoms with Gasteiger partial charge in [0.1, 0.15) is 0 Å². The van der Waals surface area contributed by atoms with Crippen molar-refractivity contribution in [3.8, 4) is 11.3 Å². The summed E-state index contributed by atoms with van der Waals surface area (Å²) < 4.78 is 0. The van der Waals surface area contributed by atoms with Gasteiger partial charge in [0, 0.05) is 29.0 Å². The molecule has 0 unspecified atom stereocenters. The normalized spacial score (nSPS) is 13.2. The number of para-hydroxylation sites is 1. The van der Waals surface area contributed by atoms with E-state index in [4.69, 9.17) is 16.6 Å². The third-order valence-corrected chi connectivity index (χ3v) is 4.16. The van der Waals surface area contributed by atoms with Crippen LogP contribution in [0.5, 0.6) is 0 Å². The fourth-order valence-electron chi connectivity index (χ4n) is 2.81. The van der Waals surface area contributed by atoms with Gasteiger partial charge in [0.25, 0.3) is 0 Å². The summed E-state index contributed by atoms with van der Waals surface area (Å²) >= 11 is 5.95. The fraction of sp³-hybridized carbons (Fsp3) is 0.111. The molecule has 1 aliphatic heterocycles. The number of hydrogen-bond acceptors (Lipinski definition) is 3. The smallest absolute Gasteiger partial charge is 0.230 e. The van der Waals surface area contributed by atoms with Gasteiger partial charge in [0.15, 0.2) is 0 Å². The van der Waals surface area contributed by atoms with Crippen molar-refractivity contribution < 1.29 is 0 Å². The lowest BCUT2D eigenvalue weighted by molar-refractivity contribution is 0.941. The van der Waals surface area contributed by atoms with E-state index >= 15 is 0 Å². The molecule has 0 saturated heterocycles. The van der Waals surface area contributed by atoms with Crippen molar-refractivity contribution in [1.29, 1.82) is 0 Å². The highest BCUT2D eigenvalue weighted by molar-refractivity contribution is 6.30. The Morgan fingerprint density at radius 2 is 1.77 bits per heavy atom. The SMILES string of the molecule is Clc1ccc(-c2ccnc(N3CCc4ccccc43)n2)cc1. The van der Waals surface area contributed by atoms with Crippen LogP contribution in [0.4, 0.5) is 11.6 Å². The summed E-state index contributed by atoms with van der Waals surface area (Å²) in [6.07, 6.45) is 2.85. The predicted octanol–water partition coefficient (Wildman–Crippen LogP) is 4.49. The Balaban J connectivity index is 1.73. The van der Waals surface area contributed by atoms with Crippen LogP contribution >= 0.6 is 11.6 Å². The molecule has 0 saturated carbocycles. The average molecular weight is 308 g/mol. The topological polar surface area (TPSA) is 29.0 Å². The van der Waals surface area contributed by atoms with E-state index < -0.39 is 0 Å². The van der Waals surface area contributed by atoms with Gasteiger partial charge < -0.3 is 4.90 Å². The molecule has 1 aromatic heterocycles. The summed E-state index contributed by atoms with van der Waals surface area (Å²) in [4.78, 5) is 11.4. The van der Waals surface area contributed by atoms with E-state index in [0.29, 0.717) is 0 Å². The Kier molecular flexibility index (Phi) is 3.28. The summed E-state index contributed by atoms with van der Waals surface area (Å²) in [6.45, 7) is 0.920.